The number of carbonyl (C=O) groups is 1. The average molecular weight is 284 g/mol. The minimum Gasteiger partial charge on any atom is -0.382 e. The molecule has 0 aliphatic rings. The van der Waals surface area contributed by atoms with Crippen LogP contribution in [0.4, 0.5) is 10.5 Å². The maximum absolute atomic E-state index is 12.4. The number of hydrogen-bond acceptors (Lipinski definition) is 2. The maximum Gasteiger partial charge on any atom is 0.322 e. The summed E-state index contributed by atoms with van der Waals surface area (Å²) in [6, 6.07) is 19.0. The van der Waals surface area contributed by atoms with Gasteiger partial charge >= 0.3 is 6.03 Å². The van der Waals surface area contributed by atoms with Gasteiger partial charge in [-0.1, -0.05) is 48.5 Å². The van der Waals surface area contributed by atoms with Crippen molar-refractivity contribution in [1.29, 1.82) is 0 Å². The summed E-state index contributed by atoms with van der Waals surface area (Å²) in [5.74, 6) is 0. The zero-order valence-electron chi connectivity index (χ0n) is 12.3. The first-order valence-corrected chi connectivity index (χ1v) is 6.85. The van der Waals surface area contributed by atoms with E-state index in [4.69, 9.17) is 4.74 Å². The zero-order valence-corrected chi connectivity index (χ0v) is 12.3. The molecule has 0 radical (unpaired) electrons. The van der Waals surface area contributed by atoms with E-state index in [1.807, 2.05) is 60.7 Å². The molecule has 4 nitrogen and oxygen atoms in total. The van der Waals surface area contributed by atoms with Crippen molar-refractivity contribution in [3.63, 3.8) is 0 Å². The van der Waals surface area contributed by atoms with Crippen molar-refractivity contribution in [2.24, 2.45) is 0 Å². The number of rotatable bonds is 5. The van der Waals surface area contributed by atoms with Gasteiger partial charge in [-0.15, -0.1) is 0 Å². The van der Waals surface area contributed by atoms with Crippen molar-refractivity contribution in [2.45, 2.75) is 6.04 Å². The van der Waals surface area contributed by atoms with Gasteiger partial charge in [0.25, 0.3) is 0 Å². The van der Waals surface area contributed by atoms with Gasteiger partial charge in [-0.25, -0.2) is 4.79 Å². The van der Waals surface area contributed by atoms with Crippen molar-refractivity contribution in [2.75, 3.05) is 26.1 Å². The predicted octanol–water partition coefficient (Wildman–Crippen LogP) is 3.54. The summed E-state index contributed by atoms with van der Waals surface area (Å²) in [5.41, 5.74) is 1.82. The molecule has 0 aromatic heterocycles. The van der Waals surface area contributed by atoms with E-state index in [0.717, 1.165) is 11.3 Å². The van der Waals surface area contributed by atoms with E-state index < -0.39 is 0 Å². The molecule has 0 fully saturated rings. The lowest BCUT2D eigenvalue weighted by Crippen LogP contribution is -2.36. The minimum atomic E-state index is -0.160. The molecule has 0 heterocycles. The van der Waals surface area contributed by atoms with Crippen LogP contribution in [0.5, 0.6) is 0 Å². The molecule has 0 spiro atoms. The van der Waals surface area contributed by atoms with Crippen molar-refractivity contribution in [3.05, 3.63) is 66.2 Å². The Hall–Kier alpha value is -2.33. The highest BCUT2D eigenvalue weighted by Gasteiger charge is 2.21. The normalized spacial score (nSPS) is 11.7. The second-order valence-electron chi connectivity index (χ2n) is 4.79. The molecule has 110 valence electrons. The quantitative estimate of drug-likeness (QED) is 0.912. The number of para-hydroxylation sites is 1. The Balaban J connectivity index is 2.11. The highest BCUT2D eigenvalue weighted by molar-refractivity contribution is 5.89. The number of carbonyl (C=O) groups excluding carboxylic acids is 1. The van der Waals surface area contributed by atoms with Crippen LogP contribution >= 0.6 is 0 Å². The fraction of sp³-hybridized carbons (Fsp3) is 0.235. The minimum absolute atomic E-state index is 0.125. The van der Waals surface area contributed by atoms with E-state index in [2.05, 4.69) is 5.32 Å². The molecule has 1 atom stereocenters. The Labute approximate surface area is 125 Å². The molecule has 21 heavy (non-hydrogen) atoms. The van der Waals surface area contributed by atoms with Crippen molar-refractivity contribution in [1.82, 2.24) is 4.90 Å². The third-order valence-corrected chi connectivity index (χ3v) is 3.32. The number of nitrogens with one attached hydrogen (secondary N) is 1. The molecule has 2 aromatic rings. The van der Waals surface area contributed by atoms with Crippen molar-refractivity contribution >= 4 is 11.7 Å². The fourth-order valence-electron chi connectivity index (χ4n) is 2.14. The number of amides is 2. The van der Waals surface area contributed by atoms with Gasteiger partial charge in [-0.2, -0.15) is 0 Å². The molecule has 1 N–H and O–H groups in total. The maximum atomic E-state index is 12.4. The number of ether oxygens (including phenoxy) is 1. The van der Waals surface area contributed by atoms with Gasteiger partial charge in [0.05, 0.1) is 12.6 Å². The van der Waals surface area contributed by atoms with Gasteiger partial charge in [-0.05, 0) is 17.7 Å². The monoisotopic (exact) mass is 284 g/mol. The highest BCUT2D eigenvalue weighted by Crippen LogP contribution is 2.20. The molecule has 2 amide bonds. The van der Waals surface area contributed by atoms with Gasteiger partial charge in [-0.3, -0.25) is 0 Å². The van der Waals surface area contributed by atoms with Gasteiger partial charge in [0, 0.05) is 19.8 Å². The Bertz CT molecular complexity index is 558. The topological polar surface area (TPSA) is 41.6 Å². The van der Waals surface area contributed by atoms with Crippen LogP contribution in [0.15, 0.2) is 60.7 Å². The molecule has 0 unspecified atom stereocenters. The molecule has 0 saturated carbocycles. The smallest absolute Gasteiger partial charge is 0.322 e. The van der Waals surface area contributed by atoms with Crippen LogP contribution in [0.25, 0.3) is 0 Å². The number of nitrogens with zero attached hydrogens (tertiary/aromatic N) is 1. The number of likely N-dealkylation sites (N-methyl/N-ethyl adjacent to an activating group) is 1. The molecule has 4 heteroatoms. The highest BCUT2D eigenvalue weighted by atomic mass is 16.5. The number of benzene rings is 2. The van der Waals surface area contributed by atoms with Crippen LogP contribution in [-0.4, -0.2) is 31.7 Å². The van der Waals surface area contributed by atoms with Crippen LogP contribution in [0.3, 0.4) is 0 Å². The molecular weight excluding hydrogens is 264 g/mol. The third kappa shape index (κ3) is 4.07. The molecule has 0 saturated heterocycles. The summed E-state index contributed by atoms with van der Waals surface area (Å²) >= 11 is 0. The lowest BCUT2D eigenvalue weighted by molar-refractivity contribution is 0.121. The summed E-state index contributed by atoms with van der Waals surface area (Å²) in [6.45, 7) is 0.447. The summed E-state index contributed by atoms with van der Waals surface area (Å²) in [5, 5.41) is 2.88. The lowest BCUT2D eigenvalue weighted by Gasteiger charge is -2.28. The van der Waals surface area contributed by atoms with Crippen LogP contribution in [0, 0.1) is 0 Å². The first kappa shape index (κ1) is 15.1. The summed E-state index contributed by atoms with van der Waals surface area (Å²) in [4.78, 5) is 14.0. The van der Waals surface area contributed by atoms with E-state index in [1.54, 1.807) is 19.1 Å². The Morgan fingerprint density at radius 1 is 1.10 bits per heavy atom. The SMILES string of the molecule is COC[C@H](c1ccccc1)N(C)C(=O)Nc1ccccc1. The van der Waals surface area contributed by atoms with Gasteiger partial charge in [0.15, 0.2) is 0 Å². The first-order chi connectivity index (χ1) is 10.2. The lowest BCUT2D eigenvalue weighted by atomic mass is 10.1. The number of methoxy groups -OCH3 is 1. The van der Waals surface area contributed by atoms with E-state index in [0.29, 0.717) is 6.61 Å². The third-order valence-electron chi connectivity index (χ3n) is 3.32. The first-order valence-electron chi connectivity index (χ1n) is 6.85. The summed E-state index contributed by atoms with van der Waals surface area (Å²) < 4.78 is 5.26. The van der Waals surface area contributed by atoms with Gasteiger partial charge in [0.2, 0.25) is 0 Å². The largest absolute Gasteiger partial charge is 0.382 e. The number of anilines is 1. The standard InChI is InChI=1S/C17H20N2O2/c1-19(17(20)18-15-11-7-4-8-12-15)16(13-21-2)14-9-5-3-6-10-14/h3-12,16H,13H2,1-2H3,(H,18,20)/t16-/m1/s1. The van der Waals surface area contributed by atoms with E-state index in [-0.39, 0.29) is 12.1 Å². The van der Waals surface area contributed by atoms with Crippen molar-refractivity contribution < 1.29 is 9.53 Å². The molecule has 0 bridgehead atoms. The van der Waals surface area contributed by atoms with Crippen LogP contribution in [-0.2, 0) is 4.74 Å². The van der Waals surface area contributed by atoms with Gasteiger partial charge in [0.1, 0.15) is 0 Å². The summed E-state index contributed by atoms with van der Waals surface area (Å²) in [6.07, 6.45) is 0. The fourth-order valence-corrected chi connectivity index (χ4v) is 2.14. The second kappa shape index (κ2) is 7.45. The molecule has 2 rings (SSSR count). The van der Waals surface area contributed by atoms with Crippen LogP contribution in [0.2, 0.25) is 0 Å². The number of hydrogen-bond donors (Lipinski definition) is 1. The molecule has 0 aliphatic heterocycles. The molecule has 2 aromatic carbocycles. The van der Waals surface area contributed by atoms with E-state index >= 15 is 0 Å². The van der Waals surface area contributed by atoms with Crippen molar-refractivity contribution in [3.8, 4) is 0 Å². The van der Waals surface area contributed by atoms with Gasteiger partial charge < -0.3 is 15.0 Å². The van der Waals surface area contributed by atoms with E-state index in [1.165, 1.54) is 0 Å². The number of urea groups is 1. The average Bonchev–Trinajstić information content (AvgIpc) is 2.53. The predicted molar refractivity (Wildman–Crippen MR) is 84.3 cm³/mol. The zero-order chi connectivity index (χ0) is 15.1. The Morgan fingerprint density at radius 2 is 1.67 bits per heavy atom. The molecule has 0 aliphatic carbocycles. The van der Waals surface area contributed by atoms with E-state index in [9.17, 15) is 4.79 Å². The summed E-state index contributed by atoms with van der Waals surface area (Å²) in [7, 11) is 3.41. The Kier molecular flexibility index (Phi) is 5.35. The Morgan fingerprint density at radius 3 is 2.24 bits per heavy atom. The molecular formula is C17H20N2O2. The van der Waals surface area contributed by atoms with Crippen LogP contribution in [0.1, 0.15) is 11.6 Å². The van der Waals surface area contributed by atoms with Crippen LogP contribution < -0.4 is 5.32 Å². The second-order valence-corrected chi connectivity index (χ2v) is 4.79.